The Morgan fingerprint density at radius 3 is 2.71 bits per heavy atom. The number of aliphatic imine (C=N–C) groups is 1. The Balaban J connectivity index is 1.61. The van der Waals surface area contributed by atoms with Gasteiger partial charge >= 0.3 is 0 Å². The van der Waals surface area contributed by atoms with Crippen LogP contribution in [-0.4, -0.2) is 58.8 Å². The molecule has 0 amide bonds. The second-order valence-electron chi connectivity index (χ2n) is 8.06. The van der Waals surface area contributed by atoms with Crippen molar-refractivity contribution >= 4 is 5.96 Å². The summed E-state index contributed by atoms with van der Waals surface area (Å²) in [6.07, 6.45) is 5.26. The van der Waals surface area contributed by atoms with Gasteiger partial charge in [-0.15, -0.1) is 0 Å². The van der Waals surface area contributed by atoms with Crippen molar-refractivity contribution in [2.75, 3.05) is 27.2 Å². The average molecular weight is 383 g/mol. The summed E-state index contributed by atoms with van der Waals surface area (Å²) in [5, 5.41) is 7.91. The predicted octanol–water partition coefficient (Wildman–Crippen LogP) is 2.83. The molecular formula is C22H34N6. The second-order valence-corrected chi connectivity index (χ2v) is 8.06. The van der Waals surface area contributed by atoms with E-state index in [0.29, 0.717) is 12.0 Å². The fraction of sp³-hybridized carbons (Fsp3) is 0.545. The maximum Gasteiger partial charge on any atom is 0.193 e. The van der Waals surface area contributed by atoms with Gasteiger partial charge in [0.1, 0.15) is 0 Å². The van der Waals surface area contributed by atoms with Gasteiger partial charge in [0.15, 0.2) is 5.96 Å². The summed E-state index contributed by atoms with van der Waals surface area (Å²) in [7, 11) is 6.03. The van der Waals surface area contributed by atoms with Gasteiger partial charge < -0.3 is 10.2 Å². The molecule has 6 nitrogen and oxygen atoms in total. The second kappa shape index (κ2) is 9.24. The zero-order valence-corrected chi connectivity index (χ0v) is 17.9. The summed E-state index contributed by atoms with van der Waals surface area (Å²) in [4.78, 5) is 9.27. The topological polar surface area (TPSA) is 48.7 Å². The van der Waals surface area contributed by atoms with Crippen molar-refractivity contribution in [1.29, 1.82) is 0 Å². The normalized spacial score (nSPS) is 17.8. The standard InChI is InChI=1S/C22H34N6/c1-17(2)26(4)14-19-9-7-6-8-18(19)12-24-22(23-3)28-11-10-20(16-28)21-13-25-27(5)15-21/h6-9,13,15,17,20H,10-12,14,16H2,1-5H3,(H,23,24). The van der Waals surface area contributed by atoms with Crippen molar-refractivity contribution in [2.45, 2.75) is 45.3 Å². The molecule has 0 saturated carbocycles. The van der Waals surface area contributed by atoms with Crippen LogP contribution in [0.4, 0.5) is 0 Å². The third-order valence-electron chi connectivity index (χ3n) is 5.75. The highest BCUT2D eigenvalue weighted by atomic mass is 15.3. The van der Waals surface area contributed by atoms with Gasteiger partial charge in [0.05, 0.1) is 6.20 Å². The summed E-state index contributed by atoms with van der Waals surface area (Å²) in [5.41, 5.74) is 4.03. The minimum absolute atomic E-state index is 0.527. The van der Waals surface area contributed by atoms with Crippen LogP contribution in [0.15, 0.2) is 41.7 Å². The van der Waals surface area contributed by atoms with E-state index in [1.54, 1.807) is 0 Å². The highest BCUT2D eigenvalue weighted by Gasteiger charge is 2.26. The van der Waals surface area contributed by atoms with Crippen molar-refractivity contribution in [1.82, 2.24) is 24.9 Å². The molecule has 1 atom stereocenters. The molecule has 1 saturated heterocycles. The molecule has 0 radical (unpaired) electrons. The van der Waals surface area contributed by atoms with E-state index < -0.39 is 0 Å². The molecule has 1 fully saturated rings. The van der Waals surface area contributed by atoms with E-state index in [0.717, 1.165) is 38.6 Å². The van der Waals surface area contributed by atoms with E-state index in [-0.39, 0.29) is 0 Å². The van der Waals surface area contributed by atoms with E-state index in [1.807, 2.05) is 25.0 Å². The lowest BCUT2D eigenvalue weighted by atomic mass is 10.0. The molecule has 1 aliphatic rings. The molecule has 1 N–H and O–H groups in total. The Bertz CT molecular complexity index is 794. The van der Waals surface area contributed by atoms with Crippen LogP contribution in [0.1, 0.15) is 42.9 Å². The van der Waals surface area contributed by atoms with Crippen LogP contribution < -0.4 is 5.32 Å². The number of hydrogen-bond donors (Lipinski definition) is 1. The highest BCUT2D eigenvalue weighted by Crippen LogP contribution is 2.26. The lowest BCUT2D eigenvalue weighted by Gasteiger charge is -2.24. The average Bonchev–Trinajstić information content (AvgIpc) is 3.32. The molecule has 3 rings (SSSR count). The first-order valence-corrected chi connectivity index (χ1v) is 10.2. The first-order valence-electron chi connectivity index (χ1n) is 10.2. The van der Waals surface area contributed by atoms with Gasteiger partial charge in [0.2, 0.25) is 0 Å². The molecule has 28 heavy (non-hydrogen) atoms. The minimum Gasteiger partial charge on any atom is -0.352 e. The summed E-state index contributed by atoms with van der Waals surface area (Å²) >= 11 is 0. The van der Waals surface area contributed by atoms with Crippen LogP contribution in [0, 0.1) is 0 Å². The van der Waals surface area contributed by atoms with Crippen molar-refractivity contribution < 1.29 is 0 Å². The lowest BCUT2D eigenvalue weighted by Crippen LogP contribution is -2.39. The zero-order chi connectivity index (χ0) is 20.1. The lowest BCUT2D eigenvalue weighted by molar-refractivity contribution is 0.265. The molecule has 6 heteroatoms. The van der Waals surface area contributed by atoms with Gasteiger partial charge in [-0.05, 0) is 44.0 Å². The number of rotatable bonds is 6. The summed E-state index contributed by atoms with van der Waals surface area (Å²) in [5.74, 6) is 1.51. The monoisotopic (exact) mass is 382 g/mol. The molecule has 2 aromatic rings. The Morgan fingerprint density at radius 2 is 2.07 bits per heavy atom. The first kappa shape index (κ1) is 20.4. The van der Waals surface area contributed by atoms with Crippen molar-refractivity contribution in [3.8, 4) is 0 Å². The van der Waals surface area contributed by atoms with Crippen molar-refractivity contribution in [2.24, 2.45) is 12.0 Å². The third-order valence-corrected chi connectivity index (χ3v) is 5.75. The Morgan fingerprint density at radius 1 is 1.32 bits per heavy atom. The van der Waals surface area contributed by atoms with Crippen LogP contribution in [0.3, 0.4) is 0 Å². The molecular weight excluding hydrogens is 348 g/mol. The van der Waals surface area contributed by atoms with E-state index in [4.69, 9.17) is 0 Å². The van der Waals surface area contributed by atoms with Gasteiger partial charge in [-0.1, -0.05) is 24.3 Å². The molecule has 1 aromatic heterocycles. The minimum atomic E-state index is 0.527. The number of likely N-dealkylation sites (tertiary alicyclic amines) is 1. The first-order chi connectivity index (χ1) is 13.5. The molecule has 1 aliphatic heterocycles. The maximum absolute atomic E-state index is 4.54. The summed E-state index contributed by atoms with van der Waals surface area (Å²) in [6.45, 7) is 8.23. The van der Waals surface area contributed by atoms with E-state index in [1.165, 1.54) is 16.7 Å². The molecule has 0 bridgehead atoms. The Hall–Kier alpha value is -2.34. The van der Waals surface area contributed by atoms with Gasteiger partial charge in [0.25, 0.3) is 0 Å². The smallest absolute Gasteiger partial charge is 0.193 e. The van der Waals surface area contributed by atoms with Crippen LogP contribution in [0.5, 0.6) is 0 Å². The van der Waals surface area contributed by atoms with E-state index in [2.05, 4.69) is 76.6 Å². The largest absolute Gasteiger partial charge is 0.352 e. The van der Waals surface area contributed by atoms with E-state index in [9.17, 15) is 0 Å². The van der Waals surface area contributed by atoms with Crippen molar-refractivity contribution in [3.05, 3.63) is 53.3 Å². The zero-order valence-electron chi connectivity index (χ0n) is 17.9. The predicted molar refractivity (Wildman–Crippen MR) is 115 cm³/mol. The Labute approximate surface area is 169 Å². The number of nitrogens with zero attached hydrogens (tertiary/aromatic N) is 5. The number of benzene rings is 1. The number of hydrogen-bond acceptors (Lipinski definition) is 3. The van der Waals surface area contributed by atoms with Gasteiger partial charge in [-0.25, -0.2) is 0 Å². The highest BCUT2D eigenvalue weighted by molar-refractivity contribution is 5.80. The fourth-order valence-electron chi connectivity index (χ4n) is 3.72. The molecule has 1 aromatic carbocycles. The number of aromatic nitrogens is 2. The molecule has 0 spiro atoms. The van der Waals surface area contributed by atoms with Crippen LogP contribution in [-0.2, 0) is 20.1 Å². The summed E-state index contributed by atoms with van der Waals surface area (Å²) < 4.78 is 1.89. The molecule has 1 unspecified atom stereocenters. The van der Waals surface area contributed by atoms with Gasteiger partial charge in [-0.2, -0.15) is 5.10 Å². The van der Waals surface area contributed by atoms with Gasteiger partial charge in [-0.3, -0.25) is 14.6 Å². The number of aryl methyl sites for hydroxylation is 1. The third kappa shape index (κ3) is 4.93. The maximum atomic E-state index is 4.54. The Kier molecular flexibility index (Phi) is 6.73. The molecule has 0 aliphatic carbocycles. The molecule has 2 heterocycles. The number of nitrogens with one attached hydrogen (secondary N) is 1. The summed E-state index contributed by atoms with van der Waals surface area (Å²) in [6, 6.07) is 9.22. The number of guanidine groups is 1. The van der Waals surface area contributed by atoms with E-state index >= 15 is 0 Å². The SMILES string of the molecule is CN=C(NCc1ccccc1CN(C)C(C)C)N1CCC(c2cnn(C)c2)C1. The van der Waals surface area contributed by atoms with Crippen LogP contribution >= 0.6 is 0 Å². The molecule has 152 valence electrons. The van der Waals surface area contributed by atoms with Crippen LogP contribution in [0.2, 0.25) is 0 Å². The van der Waals surface area contributed by atoms with Crippen molar-refractivity contribution in [3.63, 3.8) is 0 Å². The fourth-order valence-corrected chi connectivity index (χ4v) is 3.72. The van der Waals surface area contributed by atoms with Gasteiger partial charge in [0, 0.05) is 58.4 Å². The quantitative estimate of drug-likeness (QED) is 0.617. The van der Waals surface area contributed by atoms with Crippen LogP contribution in [0.25, 0.3) is 0 Å².